The summed E-state index contributed by atoms with van der Waals surface area (Å²) in [7, 11) is 0. The molecule has 3 aromatic rings. The van der Waals surface area contributed by atoms with Gasteiger partial charge in [0.05, 0.1) is 17.7 Å². The number of anilines is 2. The lowest BCUT2D eigenvalue weighted by Gasteiger charge is -2.42. The van der Waals surface area contributed by atoms with Crippen LogP contribution in [0.15, 0.2) is 48.8 Å². The number of hydrogen-bond acceptors (Lipinski definition) is 14. The molecule has 7 amide bonds. The Kier molecular flexibility index (Phi) is 14.2. The van der Waals surface area contributed by atoms with E-state index in [1.165, 1.54) is 18.2 Å². The first-order valence-electron chi connectivity index (χ1n) is 20.4. The maximum absolute atomic E-state index is 13.5. The Morgan fingerprint density at radius 3 is 2.39 bits per heavy atom. The SMILES string of the molecule is Cc1cc2ncnc(N[C@H]3O[C@@H](C)[C@H](NC(=O)[C@H]4CCCN4C(=O)OCc4ccc(NC(=O)[C@H](C)NC(=O)[C@@H](NC(=O)CCN5C(=O)C=CC5=O)C(C)C)cc4)[C@@H](O)C3O)c2[nH]1. The number of aromatic nitrogens is 3. The smallest absolute Gasteiger partial charge is 0.410 e. The number of rotatable bonds is 15. The van der Waals surface area contributed by atoms with Crippen molar-refractivity contribution in [1.82, 2.24) is 40.7 Å². The molecule has 2 saturated heterocycles. The van der Waals surface area contributed by atoms with Crippen molar-refractivity contribution in [2.75, 3.05) is 23.7 Å². The molecular formula is C41H52N10O11. The fourth-order valence-corrected chi connectivity index (χ4v) is 7.40. The van der Waals surface area contributed by atoms with Crippen molar-refractivity contribution in [2.24, 2.45) is 5.92 Å². The van der Waals surface area contributed by atoms with E-state index in [0.29, 0.717) is 40.9 Å². The summed E-state index contributed by atoms with van der Waals surface area (Å²) in [5.74, 6) is -3.21. The van der Waals surface area contributed by atoms with Crippen LogP contribution in [-0.2, 0) is 44.8 Å². The molecule has 0 saturated carbocycles. The number of benzene rings is 1. The molecule has 5 heterocycles. The van der Waals surface area contributed by atoms with Crippen molar-refractivity contribution in [3.05, 3.63) is 60.1 Å². The van der Waals surface area contributed by atoms with Crippen LogP contribution < -0.4 is 26.6 Å². The maximum Gasteiger partial charge on any atom is 0.410 e. The quantitative estimate of drug-likeness (QED) is 0.0957. The molecule has 3 aliphatic rings. The normalized spacial score (nSPS) is 23.3. The lowest BCUT2D eigenvalue weighted by atomic mass is 9.95. The number of aryl methyl sites for hydroxylation is 1. The van der Waals surface area contributed by atoms with Gasteiger partial charge in [-0.05, 0) is 63.3 Å². The van der Waals surface area contributed by atoms with Crippen LogP contribution in [0.4, 0.5) is 16.3 Å². The largest absolute Gasteiger partial charge is 0.445 e. The number of carbonyl (C=O) groups excluding carboxylic acids is 7. The van der Waals surface area contributed by atoms with Gasteiger partial charge < -0.3 is 51.3 Å². The summed E-state index contributed by atoms with van der Waals surface area (Å²) in [6, 6.07) is 4.43. The Hall–Kier alpha value is -6.45. The molecule has 1 aromatic carbocycles. The van der Waals surface area contributed by atoms with E-state index < -0.39 is 90.2 Å². The number of likely N-dealkylation sites (tertiary alicyclic amines) is 1. The first-order chi connectivity index (χ1) is 29.5. The molecular weight excluding hydrogens is 809 g/mol. The molecule has 62 heavy (non-hydrogen) atoms. The molecule has 332 valence electrons. The minimum atomic E-state index is -1.45. The van der Waals surface area contributed by atoms with Crippen molar-refractivity contribution in [1.29, 1.82) is 0 Å². The fraction of sp³-hybridized carbons (Fsp3) is 0.488. The Morgan fingerprint density at radius 2 is 1.69 bits per heavy atom. The van der Waals surface area contributed by atoms with E-state index in [9.17, 15) is 43.8 Å². The molecule has 0 radical (unpaired) electrons. The van der Waals surface area contributed by atoms with E-state index in [0.717, 1.165) is 22.7 Å². The molecule has 2 fully saturated rings. The van der Waals surface area contributed by atoms with Crippen LogP contribution in [0.1, 0.15) is 58.2 Å². The molecule has 6 rings (SSSR count). The third-order valence-corrected chi connectivity index (χ3v) is 10.9. The van der Waals surface area contributed by atoms with Gasteiger partial charge in [0.1, 0.15) is 48.8 Å². The van der Waals surface area contributed by atoms with Gasteiger partial charge in [-0.1, -0.05) is 26.0 Å². The van der Waals surface area contributed by atoms with Gasteiger partial charge in [-0.25, -0.2) is 14.8 Å². The summed E-state index contributed by atoms with van der Waals surface area (Å²) in [6.45, 7) is 8.43. The number of hydrogen-bond donors (Lipinski definition) is 8. The Labute approximate surface area is 356 Å². The fourth-order valence-electron chi connectivity index (χ4n) is 7.40. The Balaban J connectivity index is 0.940. The predicted octanol–water partition coefficient (Wildman–Crippen LogP) is 0.330. The van der Waals surface area contributed by atoms with E-state index in [1.54, 1.807) is 45.0 Å². The topological polar surface area (TPSA) is 287 Å². The van der Waals surface area contributed by atoms with Gasteiger partial charge in [-0.15, -0.1) is 0 Å². The molecule has 3 aliphatic heterocycles. The number of carbonyl (C=O) groups is 7. The number of aliphatic hydroxyl groups is 2. The average Bonchev–Trinajstić information content (AvgIpc) is 3.97. The van der Waals surface area contributed by atoms with Crippen molar-refractivity contribution >= 4 is 64.1 Å². The van der Waals surface area contributed by atoms with Crippen LogP contribution in [0.3, 0.4) is 0 Å². The number of ether oxygens (including phenoxy) is 2. The minimum absolute atomic E-state index is 0.137. The summed E-state index contributed by atoms with van der Waals surface area (Å²) >= 11 is 0. The number of imide groups is 1. The van der Waals surface area contributed by atoms with E-state index >= 15 is 0 Å². The second-order valence-electron chi connectivity index (χ2n) is 15.9. The molecule has 0 bridgehead atoms. The Morgan fingerprint density at radius 1 is 0.984 bits per heavy atom. The van der Waals surface area contributed by atoms with Gasteiger partial charge in [0.25, 0.3) is 11.8 Å². The third-order valence-electron chi connectivity index (χ3n) is 10.9. The third kappa shape index (κ3) is 10.5. The zero-order valence-electron chi connectivity index (χ0n) is 34.9. The zero-order valence-corrected chi connectivity index (χ0v) is 34.9. The van der Waals surface area contributed by atoms with Crippen molar-refractivity contribution in [3.8, 4) is 0 Å². The summed E-state index contributed by atoms with van der Waals surface area (Å²) in [6.07, 6.45) is -1.09. The van der Waals surface area contributed by atoms with Crippen molar-refractivity contribution in [3.63, 3.8) is 0 Å². The lowest BCUT2D eigenvalue weighted by molar-refractivity contribution is -0.173. The number of aliphatic hydroxyl groups excluding tert-OH is 2. The van der Waals surface area contributed by atoms with Gasteiger partial charge in [0, 0.05) is 43.0 Å². The maximum atomic E-state index is 13.5. The van der Waals surface area contributed by atoms with Gasteiger partial charge in [0.15, 0.2) is 12.0 Å². The molecule has 2 aromatic heterocycles. The van der Waals surface area contributed by atoms with E-state index in [-0.39, 0.29) is 32.0 Å². The van der Waals surface area contributed by atoms with E-state index in [1.807, 2.05) is 13.0 Å². The summed E-state index contributed by atoms with van der Waals surface area (Å²) < 4.78 is 11.5. The van der Waals surface area contributed by atoms with E-state index in [2.05, 4.69) is 41.5 Å². The second-order valence-corrected chi connectivity index (χ2v) is 15.9. The number of aromatic amines is 1. The molecule has 21 nitrogen and oxygen atoms in total. The summed E-state index contributed by atoms with van der Waals surface area (Å²) in [5.41, 5.74) is 3.11. The van der Waals surface area contributed by atoms with Gasteiger partial charge in [0.2, 0.25) is 23.6 Å². The van der Waals surface area contributed by atoms with Gasteiger partial charge in [-0.3, -0.25) is 38.6 Å². The predicted molar refractivity (Wildman–Crippen MR) is 220 cm³/mol. The lowest BCUT2D eigenvalue weighted by Crippen LogP contribution is -2.65. The van der Waals surface area contributed by atoms with Crippen molar-refractivity contribution in [2.45, 2.75) is 109 Å². The molecule has 0 spiro atoms. The monoisotopic (exact) mass is 860 g/mol. The van der Waals surface area contributed by atoms with Gasteiger partial charge in [-0.2, -0.15) is 0 Å². The van der Waals surface area contributed by atoms with Crippen molar-refractivity contribution < 1.29 is 53.2 Å². The van der Waals surface area contributed by atoms with Gasteiger partial charge >= 0.3 is 6.09 Å². The molecule has 21 heteroatoms. The average molecular weight is 861 g/mol. The Bertz CT molecular complexity index is 2190. The van der Waals surface area contributed by atoms with Crippen LogP contribution in [0.25, 0.3) is 11.0 Å². The highest BCUT2D eigenvalue weighted by Crippen LogP contribution is 2.27. The number of fused-ring (bicyclic) bond motifs is 1. The highest BCUT2D eigenvalue weighted by atomic mass is 16.6. The number of nitrogens with zero attached hydrogens (tertiary/aromatic N) is 4. The summed E-state index contributed by atoms with van der Waals surface area (Å²) in [5, 5.41) is 35.8. The summed E-state index contributed by atoms with van der Waals surface area (Å²) in [4.78, 5) is 103. The van der Waals surface area contributed by atoms with Crippen LogP contribution in [0, 0.1) is 12.8 Å². The van der Waals surface area contributed by atoms with Crippen LogP contribution in [0.5, 0.6) is 0 Å². The molecule has 8 N–H and O–H groups in total. The number of H-pyrrole nitrogens is 1. The zero-order chi connectivity index (χ0) is 44.8. The highest BCUT2D eigenvalue weighted by Gasteiger charge is 2.45. The van der Waals surface area contributed by atoms with Crippen LogP contribution in [-0.4, -0.2) is 138 Å². The molecule has 8 atom stereocenters. The number of amides is 7. The molecule has 1 unspecified atom stereocenters. The second kappa shape index (κ2) is 19.5. The molecule has 0 aliphatic carbocycles. The van der Waals surface area contributed by atoms with Crippen LogP contribution in [0.2, 0.25) is 0 Å². The minimum Gasteiger partial charge on any atom is -0.445 e. The van der Waals surface area contributed by atoms with Crippen LogP contribution >= 0.6 is 0 Å². The van der Waals surface area contributed by atoms with E-state index in [4.69, 9.17) is 9.47 Å². The highest BCUT2D eigenvalue weighted by molar-refractivity contribution is 6.13. The standard InChI is InChI=1S/C41H52N10O11/c1-20(2)31(47-28(52)14-16-51-29(53)12-13-30(51)54)39(59)45-22(4)37(57)46-25-10-8-24(9-11-25)18-61-41(60)50-15-6-7-27(50)38(58)48-32-23(5)62-40(35(56)34(32)55)49-36-33-26(42-19-43-36)17-21(3)44-33/h8-13,17,19-20,22-23,27,31-32,34-35,40,44,55-56H,6-7,14-16,18H2,1-5H3,(H,45,59)(H,46,57)(H,47,52)(H,48,58)(H,42,43,49)/t22-,23-,27+,31-,32-,34+,35?,40-/m0/s1. The first-order valence-corrected chi connectivity index (χ1v) is 20.4. The first kappa shape index (κ1) is 45.1. The number of nitrogens with one attached hydrogen (secondary N) is 6.